The number of benzene rings is 1. The molecule has 2 aromatic heterocycles. The summed E-state index contributed by atoms with van der Waals surface area (Å²) in [4.78, 5) is 20.6. The first kappa shape index (κ1) is 17.4. The van der Waals surface area contributed by atoms with Crippen LogP contribution in [0.3, 0.4) is 0 Å². The van der Waals surface area contributed by atoms with E-state index >= 15 is 0 Å². The van der Waals surface area contributed by atoms with Gasteiger partial charge in [-0.1, -0.05) is 43.8 Å². The highest BCUT2D eigenvalue weighted by atomic mass is 32.2. The molecule has 1 amide bonds. The van der Waals surface area contributed by atoms with Gasteiger partial charge in [-0.3, -0.25) is 4.79 Å². The van der Waals surface area contributed by atoms with Crippen LogP contribution in [0.2, 0.25) is 0 Å². The summed E-state index contributed by atoms with van der Waals surface area (Å²) in [5.41, 5.74) is 1.68. The zero-order valence-corrected chi connectivity index (χ0v) is 15.2. The lowest BCUT2D eigenvalue weighted by molar-refractivity contribution is -0.118. The van der Waals surface area contributed by atoms with Gasteiger partial charge in [0.15, 0.2) is 5.65 Å². The number of nitrogens with one attached hydrogen (secondary N) is 1. The summed E-state index contributed by atoms with van der Waals surface area (Å²) in [5.74, 6) is 0.937. The van der Waals surface area contributed by atoms with Crippen molar-refractivity contribution in [2.75, 3.05) is 12.3 Å². The molecule has 0 unspecified atom stereocenters. The fourth-order valence-corrected chi connectivity index (χ4v) is 3.17. The summed E-state index contributed by atoms with van der Waals surface area (Å²) >= 11 is 1.41. The van der Waals surface area contributed by atoms with E-state index in [4.69, 9.17) is 0 Å². The number of amides is 1. The smallest absolute Gasteiger partial charge is 0.230 e. The molecule has 1 aromatic carbocycles. The van der Waals surface area contributed by atoms with E-state index in [1.807, 2.05) is 30.3 Å². The lowest BCUT2D eigenvalue weighted by atomic mass is 10.1. The van der Waals surface area contributed by atoms with Crippen molar-refractivity contribution in [3.8, 4) is 5.69 Å². The van der Waals surface area contributed by atoms with Crippen LogP contribution in [0.15, 0.2) is 47.9 Å². The van der Waals surface area contributed by atoms with Crippen LogP contribution < -0.4 is 5.32 Å². The number of para-hydroxylation sites is 1. The van der Waals surface area contributed by atoms with Crippen LogP contribution in [0.4, 0.5) is 0 Å². The third-order valence-electron chi connectivity index (χ3n) is 3.71. The summed E-state index contributed by atoms with van der Waals surface area (Å²) < 4.78 is 1.78. The summed E-state index contributed by atoms with van der Waals surface area (Å²) in [5, 5.41) is 8.98. The van der Waals surface area contributed by atoms with Crippen molar-refractivity contribution in [3.63, 3.8) is 0 Å². The first-order valence-corrected chi connectivity index (χ1v) is 9.27. The number of hydrogen-bond acceptors (Lipinski definition) is 5. The standard InChI is InChI=1S/C18H21N5OS/c1-13(2)8-9-19-16(24)11-25-18-15-10-22-23(17(15)20-12-21-18)14-6-4-3-5-7-14/h3-7,10,12-13H,8-9,11H2,1-2H3,(H,19,24). The van der Waals surface area contributed by atoms with Gasteiger partial charge in [0, 0.05) is 6.54 Å². The predicted octanol–water partition coefficient (Wildman–Crippen LogP) is 3.07. The van der Waals surface area contributed by atoms with E-state index in [1.54, 1.807) is 10.9 Å². The van der Waals surface area contributed by atoms with Crippen molar-refractivity contribution in [2.45, 2.75) is 25.3 Å². The minimum atomic E-state index is 0.0212. The Morgan fingerprint density at radius 2 is 2.04 bits per heavy atom. The maximum absolute atomic E-state index is 12.0. The molecule has 0 bridgehead atoms. The van der Waals surface area contributed by atoms with Crippen LogP contribution >= 0.6 is 11.8 Å². The van der Waals surface area contributed by atoms with E-state index in [-0.39, 0.29) is 5.91 Å². The average molecular weight is 355 g/mol. The lowest BCUT2D eigenvalue weighted by Crippen LogP contribution is -2.26. The van der Waals surface area contributed by atoms with E-state index in [1.165, 1.54) is 18.1 Å². The Labute approximate surface area is 151 Å². The van der Waals surface area contributed by atoms with Crippen molar-refractivity contribution in [2.24, 2.45) is 5.92 Å². The molecular formula is C18H21N5OS. The molecule has 0 atom stereocenters. The molecule has 1 N–H and O–H groups in total. The van der Waals surface area contributed by atoms with Gasteiger partial charge in [-0.05, 0) is 24.5 Å². The van der Waals surface area contributed by atoms with Crippen molar-refractivity contribution < 1.29 is 4.79 Å². The number of hydrogen-bond donors (Lipinski definition) is 1. The quantitative estimate of drug-likeness (QED) is 0.521. The first-order chi connectivity index (χ1) is 12.1. The topological polar surface area (TPSA) is 72.7 Å². The number of aromatic nitrogens is 4. The first-order valence-electron chi connectivity index (χ1n) is 8.29. The molecule has 25 heavy (non-hydrogen) atoms. The number of nitrogens with zero attached hydrogens (tertiary/aromatic N) is 4. The minimum Gasteiger partial charge on any atom is -0.355 e. The van der Waals surface area contributed by atoms with Gasteiger partial charge in [0.1, 0.15) is 11.4 Å². The maximum atomic E-state index is 12.0. The van der Waals surface area contributed by atoms with E-state index in [2.05, 4.69) is 34.2 Å². The van der Waals surface area contributed by atoms with Crippen LogP contribution in [-0.4, -0.2) is 38.0 Å². The molecule has 0 spiro atoms. The second-order valence-corrected chi connectivity index (χ2v) is 7.09. The molecule has 6 nitrogen and oxygen atoms in total. The lowest BCUT2D eigenvalue weighted by Gasteiger charge is -2.07. The molecule has 3 aromatic rings. The van der Waals surface area contributed by atoms with Crippen molar-refractivity contribution in [1.82, 2.24) is 25.1 Å². The molecular weight excluding hydrogens is 334 g/mol. The average Bonchev–Trinajstić information content (AvgIpc) is 3.05. The molecule has 3 rings (SSSR count). The Balaban J connectivity index is 1.71. The Morgan fingerprint density at radius 3 is 2.80 bits per heavy atom. The number of carbonyl (C=O) groups is 1. The molecule has 0 radical (unpaired) electrons. The summed E-state index contributed by atoms with van der Waals surface area (Å²) in [6.07, 6.45) is 4.25. The number of thioether (sulfide) groups is 1. The third kappa shape index (κ3) is 4.36. The highest BCUT2D eigenvalue weighted by molar-refractivity contribution is 8.00. The van der Waals surface area contributed by atoms with E-state index in [0.29, 0.717) is 18.2 Å². The normalized spacial score (nSPS) is 11.2. The largest absolute Gasteiger partial charge is 0.355 e. The van der Waals surface area contributed by atoms with Crippen LogP contribution in [0.25, 0.3) is 16.7 Å². The summed E-state index contributed by atoms with van der Waals surface area (Å²) in [7, 11) is 0. The van der Waals surface area contributed by atoms with Crippen LogP contribution in [-0.2, 0) is 4.79 Å². The Bertz CT molecular complexity index is 847. The van der Waals surface area contributed by atoms with Crippen LogP contribution in [0.5, 0.6) is 0 Å². The molecule has 0 saturated carbocycles. The summed E-state index contributed by atoms with van der Waals surface area (Å²) in [6, 6.07) is 9.83. The van der Waals surface area contributed by atoms with Gasteiger partial charge in [-0.2, -0.15) is 5.10 Å². The number of rotatable bonds is 7. The second-order valence-electron chi connectivity index (χ2n) is 6.13. The fraction of sp³-hybridized carbons (Fsp3) is 0.333. The van der Waals surface area contributed by atoms with Gasteiger partial charge in [-0.15, -0.1) is 0 Å². The molecule has 0 aliphatic heterocycles. The highest BCUT2D eigenvalue weighted by Crippen LogP contribution is 2.25. The van der Waals surface area contributed by atoms with Crippen molar-refractivity contribution in [1.29, 1.82) is 0 Å². The van der Waals surface area contributed by atoms with Gasteiger partial charge in [0.2, 0.25) is 5.91 Å². The zero-order valence-electron chi connectivity index (χ0n) is 14.3. The molecule has 0 fully saturated rings. The molecule has 0 saturated heterocycles. The highest BCUT2D eigenvalue weighted by Gasteiger charge is 2.12. The number of carbonyl (C=O) groups excluding carboxylic acids is 1. The number of fused-ring (bicyclic) bond motifs is 1. The zero-order chi connectivity index (χ0) is 17.6. The minimum absolute atomic E-state index is 0.0212. The van der Waals surface area contributed by atoms with E-state index in [9.17, 15) is 4.79 Å². The SMILES string of the molecule is CC(C)CCNC(=O)CSc1ncnc2c1cnn2-c1ccccc1. The van der Waals surface area contributed by atoms with Crippen molar-refractivity contribution in [3.05, 3.63) is 42.9 Å². The molecule has 7 heteroatoms. The fourth-order valence-electron chi connectivity index (χ4n) is 2.38. The Kier molecular flexibility index (Phi) is 5.65. The van der Waals surface area contributed by atoms with Gasteiger partial charge in [-0.25, -0.2) is 14.6 Å². The van der Waals surface area contributed by atoms with Crippen LogP contribution in [0.1, 0.15) is 20.3 Å². The summed E-state index contributed by atoms with van der Waals surface area (Å²) in [6.45, 7) is 4.99. The third-order valence-corrected chi connectivity index (χ3v) is 4.72. The monoisotopic (exact) mass is 355 g/mol. The van der Waals surface area contributed by atoms with Gasteiger partial charge < -0.3 is 5.32 Å². The molecule has 2 heterocycles. The van der Waals surface area contributed by atoms with E-state index in [0.717, 1.165) is 28.2 Å². The maximum Gasteiger partial charge on any atom is 0.230 e. The van der Waals surface area contributed by atoms with E-state index < -0.39 is 0 Å². The Morgan fingerprint density at radius 1 is 1.24 bits per heavy atom. The van der Waals surface area contributed by atoms with Gasteiger partial charge >= 0.3 is 0 Å². The predicted molar refractivity (Wildman–Crippen MR) is 99.8 cm³/mol. The van der Waals surface area contributed by atoms with Gasteiger partial charge in [0.05, 0.1) is 23.0 Å². The molecule has 0 aliphatic carbocycles. The van der Waals surface area contributed by atoms with Crippen LogP contribution in [0, 0.1) is 5.92 Å². The van der Waals surface area contributed by atoms with Gasteiger partial charge in [0.25, 0.3) is 0 Å². The van der Waals surface area contributed by atoms with Crippen molar-refractivity contribution >= 4 is 28.7 Å². The molecule has 130 valence electrons. The second kappa shape index (κ2) is 8.11. The Hall–Kier alpha value is -2.41. The molecule has 0 aliphatic rings.